The topological polar surface area (TPSA) is 59.4 Å². The van der Waals surface area contributed by atoms with Crippen molar-refractivity contribution in [1.82, 2.24) is 9.97 Å². The zero-order valence-corrected chi connectivity index (χ0v) is 11.3. The summed E-state index contributed by atoms with van der Waals surface area (Å²) in [5.41, 5.74) is 3.70. The number of methoxy groups -OCH3 is 1. The number of aromatic nitrogens is 2. The lowest BCUT2D eigenvalue weighted by molar-refractivity contribution is 0.415. The molecule has 0 unspecified atom stereocenters. The quantitative estimate of drug-likeness (QED) is 0.697. The van der Waals surface area contributed by atoms with E-state index in [9.17, 15) is 0 Å². The maximum absolute atomic E-state index is 5.07. The van der Waals surface area contributed by atoms with Crippen LogP contribution in [0.25, 0.3) is 0 Å². The van der Waals surface area contributed by atoms with Gasteiger partial charge in [0, 0.05) is 12.4 Å². The van der Waals surface area contributed by atoms with Crippen LogP contribution in [0.15, 0.2) is 46.2 Å². The Labute approximate surface area is 113 Å². The van der Waals surface area contributed by atoms with Crippen LogP contribution in [0, 0.1) is 0 Å². The number of nitrogens with zero attached hydrogens (tertiary/aromatic N) is 3. The Balaban J connectivity index is 1.96. The number of hydrogen-bond donors (Lipinski definition) is 1. The van der Waals surface area contributed by atoms with Crippen LogP contribution in [-0.4, -0.2) is 23.3 Å². The highest BCUT2D eigenvalue weighted by molar-refractivity contribution is 9.10. The van der Waals surface area contributed by atoms with Gasteiger partial charge in [-0.2, -0.15) is 5.10 Å². The minimum Gasteiger partial charge on any atom is -0.497 e. The van der Waals surface area contributed by atoms with Gasteiger partial charge in [-0.3, -0.25) is 0 Å². The molecule has 18 heavy (non-hydrogen) atoms. The van der Waals surface area contributed by atoms with E-state index in [2.05, 4.69) is 36.4 Å². The van der Waals surface area contributed by atoms with E-state index in [0.717, 1.165) is 15.8 Å². The third-order valence-electron chi connectivity index (χ3n) is 2.11. The van der Waals surface area contributed by atoms with Crippen molar-refractivity contribution in [3.8, 4) is 5.75 Å². The summed E-state index contributed by atoms with van der Waals surface area (Å²) >= 11 is 3.26. The van der Waals surface area contributed by atoms with Gasteiger partial charge in [0.25, 0.3) is 0 Å². The Kier molecular flexibility index (Phi) is 4.25. The van der Waals surface area contributed by atoms with E-state index in [0.29, 0.717) is 5.95 Å². The molecule has 1 aromatic carbocycles. The number of halogens is 1. The Bertz CT molecular complexity index is 525. The minimum atomic E-state index is 0.447. The average molecular weight is 307 g/mol. The van der Waals surface area contributed by atoms with Crippen LogP contribution in [0.2, 0.25) is 0 Å². The number of ether oxygens (including phenoxy) is 1. The van der Waals surface area contributed by atoms with Crippen LogP contribution in [0.4, 0.5) is 5.95 Å². The molecule has 1 N–H and O–H groups in total. The van der Waals surface area contributed by atoms with Gasteiger partial charge in [0.2, 0.25) is 5.95 Å². The van der Waals surface area contributed by atoms with Crippen LogP contribution < -0.4 is 10.2 Å². The third-order valence-corrected chi connectivity index (χ3v) is 2.52. The molecule has 0 bridgehead atoms. The van der Waals surface area contributed by atoms with Crippen LogP contribution in [0.3, 0.4) is 0 Å². The number of rotatable bonds is 4. The predicted octanol–water partition coefficient (Wildman–Crippen LogP) is 2.69. The first-order valence-electron chi connectivity index (χ1n) is 5.18. The van der Waals surface area contributed by atoms with Gasteiger partial charge in [-0.05, 0) is 45.8 Å². The Hall–Kier alpha value is -1.95. The summed E-state index contributed by atoms with van der Waals surface area (Å²) in [6.45, 7) is 0. The molecule has 1 aromatic heterocycles. The highest BCUT2D eigenvalue weighted by atomic mass is 79.9. The number of hydrogen-bond acceptors (Lipinski definition) is 5. The summed E-state index contributed by atoms with van der Waals surface area (Å²) in [7, 11) is 1.63. The molecular weight excluding hydrogens is 296 g/mol. The van der Waals surface area contributed by atoms with Crippen LogP contribution in [-0.2, 0) is 0 Å². The first-order valence-corrected chi connectivity index (χ1v) is 5.98. The molecule has 92 valence electrons. The van der Waals surface area contributed by atoms with Gasteiger partial charge < -0.3 is 4.74 Å². The van der Waals surface area contributed by atoms with E-state index in [1.54, 1.807) is 25.7 Å². The van der Waals surface area contributed by atoms with Crippen molar-refractivity contribution < 1.29 is 4.74 Å². The molecule has 0 saturated heterocycles. The standard InChI is InChI=1S/C12H11BrN4O/c1-18-11-4-2-9(3-5-11)6-16-17-12-14-7-10(13)8-15-12/h2-8H,1H3,(H,14,15,17). The number of anilines is 1. The smallest absolute Gasteiger partial charge is 0.243 e. The van der Waals surface area contributed by atoms with E-state index in [-0.39, 0.29) is 0 Å². The Morgan fingerprint density at radius 3 is 2.50 bits per heavy atom. The van der Waals surface area contributed by atoms with Gasteiger partial charge in [-0.15, -0.1) is 0 Å². The van der Waals surface area contributed by atoms with E-state index in [1.807, 2.05) is 24.3 Å². The summed E-state index contributed by atoms with van der Waals surface area (Å²) in [6, 6.07) is 7.56. The summed E-state index contributed by atoms with van der Waals surface area (Å²) in [5.74, 6) is 1.26. The van der Waals surface area contributed by atoms with Crippen LogP contribution >= 0.6 is 15.9 Å². The van der Waals surface area contributed by atoms with Gasteiger partial charge in [-0.25, -0.2) is 15.4 Å². The SMILES string of the molecule is COc1ccc(C=NNc2ncc(Br)cn2)cc1. The summed E-state index contributed by atoms with van der Waals surface area (Å²) < 4.78 is 5.90. The largest absolute Gasteiger partial charge is 0.497 e. The molecule has 2 aromatic rings. The first-order chi connectivity index (χ1) is 8.78. The van der Waals surface area contributed by atoms with E-state index >= 15 is 0 Å². The molecule has 0 aliphatic heterocycles. The van der Waals surface area contributed by atoms with E-state index in [4.69, 9.17) is 4.74 Å². The third kappa shape index (κ3) is 3.53. The van der Waals surface area contributed by atoms with Crippen molar-refractivity contribution in [2.45, 2.75) is 0 Å². The molecule has 0 spiro atoms. The second-order valence-electron chi connectivity index (χ2n) is 3.37. The van der Waals surface area contributed by atoms with Crippen molar-refractivity contribution in [3.05, 3.63) is 46.7 Å². The normalized spacial score (nSPS) is 10.6. The molecule has 1 heterocycles. The first kappa shape index (κ1) is 12.5. The van der Waals surface area contributed by atoms with Crippen LogP contribution in [0.1, 0.15) is 5.56 Å². The molecule has 0 atom stereocenters. The lowest BCUT2D eigenvalue weighted by Gasteiger charge is -1.99. The average Bonchev–Trinajstić information content (AvgIpc) is 2.42. The minimum absolute atomic E-state index is 0.447. The molecule has 2 rings (SSSR count). The number of benzene rings is 1. The van der Waals surface area contributed by atoms with E-state index < -0.39 is 0 Å². The summed E-state index contributed by atoms with van der Waals surface area (Å²) in [5, 5.41) is 4.04. The van der Waals surface area contributed by atoms with Crippen molar-refractivity contribution in [2.24, 2.45) is 5.10 Å². The van der Waals surface area contributed by atoms with E-state index in [1.165, 1.54) is 0 Å². The van der Waals surface area contributed by atoms with Crippen LogP contribution in [0.5, 0.6) is 5.75 Å². The van der Waals surface area contributed by atoms with Crippen molar-refractivity contribution in [1.29, 1.82) is 0 Å². The molecule has 0 aliphatic carbocycles. The molecule has 6 heteroatoms. The molecule has 0 amide bonds. The Morgan fingerprint density at radius 2 is 1.89 bits per heavy atom. The van der Waals surface area contributed by atoms with Gasteiger partial charge in [-0.1, -0.05) is 0 Å². The second kappa shape index (κ2) is 6.11. The molecule has 0 saturated carbocycles. The lowest BCUT2D eigenvalue weighted by atomic mass is 10.2. The highest BCUT2D eigenvalue weighted by Gasteiger charge is 1.93. The molecule has 0 fully saturated rings. The second-order valence-corrected chi connectivity index (χ2v) is 4.28. The maximum atomic E-state index is 5.07. The molecule has 5 nitrogen and oxygen atoms in total. The van der Waals surface area contributed by atoms with Gasteiger partial charge in [0.05, 0.1) is 17.8 Å². The fraction of sp³-hybridized carbons (Fsp3) is 0.0833. The van der Waals surface area contributed by atoms with Gasteiger partial charge in [0.1, 0.15) is 5.75 Å². The highest BCUT2D eigenvalue weighted by Crippen LogP contribution is 2.10. The van der Waals surface area contributed by atoms with Crippen molar-refractivity contribution in [2.75, 3.05) is 12.5 Å². The molecule has 0 aliphatic rings. The van der Waals surface area contributed by atoms with Gasteiger partial charge in [0.15, 0.2) is 0 Å². The summed E-state index contributed by atoms with van der Waals surface area (Å²) in [6.07, 6.45) is 4.99. The fourth-order valence-electron chi connectivity index (χ4n) is 1.22. The van der Waals surface area contributed by atoms with Crippen molar-refractivity contribution in [3.63, 3.8) is 0 Å². The monoisotopic (exact) mass is 306 g/mol. The zero-order valence-electron chi connectivity index (χ0n) is 9.67. The maximum Gasteiger partial charge on any atom is 0.243 e. The van der Waals surface area contributed by atoms with Gasteiger partial charge >= 0.3 is 0 Å². The summed E-state index contributed by atoms with van der Waals surface area (Å²) in [4.78, 5) is 8.07. The fourth-order valence-corrected chi connectivity index (χ4v) is 1.43. The zero-order chi connectivity index (χ0) is 12.8. The van der Waals surface area contributed by atoms with Crippen molar-refractivity contribution >= 4 is 28.1 Å². The molecular formula is C12H11BrN4O. The predicted molar refractivity (Wildman–Crippen MR) is 73.9 cm³/mol. The number of nitrogens with one attached hydrogen (secondary N) is 1. The number of hydrazone groups is 1. The lowest BCUT2D eigenvalue weighted by Crippen LogP contribution is -1.95. The Morgan fingerprint density at radius 1 is 1.22 bits per heavy atom. The molecule has 0 radical (unpaired) electrons.